The highest BCUT2D eigenvalue weighted by atomic mass is 79.9. The first-order valence-corrected chi connectivity index (χ1v) is 7.47. The third kappa shape index (κ3) is 2.66. The number of halogens is 1. The Labute approximate surface area is 121 Å². The molecule has 98 valence electrons. The number of allylic oxidation sites excluding steroid dienone is 2. The van der Waals surface area contributed by atoms with Crippen molar-refractivity contribution < 1.29 is 4.79 Å². The van der Waals surface area contributed by atoms with E-state index in [9.17, 15) is 4.79 Å². The average Bonchev–Trinajstić information content (AvgIpc) is 2.84. The zero-order chi connectivity index (χ0) is 13.2. The van der Waals surface area contributed by atoms with Gasteiger partial charge in [-0.2, -0.15) is 0 Å². The number of carbonyl (C=O) groups is 1. The molecule has 0 unspecified atom stereocenters. The van der Waals surface area contributed by atoms with E-state index in [1.807, 2.05) is 23.1 Å². The molecule has 2 nitrogen and oxygen atoms in total. The maximum absolute atomic E-state index is 12.3. The van der Waals surface area contributed by atoms with Crippen molar-refractivity contribution in [3.05, 3.63) is 52.5 Å². The second-order valence-electron chi connectivity index (χ2n) is 5.05. The van der Waals surface area contributed by atoms with Crippen molar-refractivity contribution >= 4 is 27.4 Å². The molecule has 2 aliphatic rings. The largest absolute Gasteiger partial charge is 0.333 e. The lowest BCUT2D eigenvalue weighted by Crippen LogP contribution is -2.33. The number of hydrogen-bond acceptors (Lipinski definition) is 1. The zero-order valence-corrected chi connectivity index (χ0v) is 12.3. The number of hydrogen-bond donors (Lipinski definition) is 0. The fourth-order valence-corrected chi connectivity index (χ4v) is 3.04. The van der Waals surface area contributed by atoms with Crippen LogP contribution in [0.2, 0.25) is 0 Å². The SMILES string of the molecule is O=C1/C=C(/c2ccc(Br)cc2)C/C=C\[C@@H]2CCCN12. The Morgan fingerprint density at radius 3 is 2.79 bits per heavy atom. The lowest BCUT2D eigenvalue weighted by molar-refractivity contribution is -0.126. The van der Waals surface area contributed by atoms with E-state index in [-0.39, 0.29) is 5.91 Å². The summed E-state index contributed by atoms with van der Waals surface area (Å²) in [6.07, 6.45) is 9.24. The Morgan fingerprint density at radius 1 is 1.21 bits per heavy atom. The van der Waals surface area contributed by atoms with Crippen molar-refractivity contribution in [1.29, 1.82) is 0 Å². The number of carbonyl (C=O) groups excluding carboxylic acids is 1. The first-order chi connectivity index (χ1) is 9.24. The molecule has 3 heteroatoms. The molecular weight excluding hydrogens is 302 g/mol. The van der Waals surface area contributed by atoms with Crippen LogP contribution in [0, 0.1) is 0 Å². The molecule has 1 amide bonds. The number of fused-ring (bicyclic) bond motifs is 1. The summed E-state index contributed by atoms with van der Waals surface area (Å²) in [5, 5.41) is 0. The molecule has 0 aromatic heterocycles. The summed E-state index contributed by atoms with van der Waals surface area (Å²) in [6, 6.07) is 8.46. The van der Waals surface area contributed by atoms with E-state index in [4.69, 9.17) is 0 Å². The number of rotatable bonds is 1. The number of benzene rings is 1. The lowest BCUT2D eigenvalue weighted by Gasteiger charge is -2.23. The Bertz CT molecular complexity index is 544. The number of amides is 1. The second-order valence-corrected chi connectivity index (χ2v) is 5.97. The van der Waals surface area contributed by atoms with E-state index >= 15 is 0 Å². The standard InChI is InChI=1S/C16H16BrNO/c17-14-8-6-12(7-9-14)13-3-1-4-15-5-2-10-18(15)16(19)11-13/h1,4,6-9,11,15H,2-3,5,10H2/b4-1-,13-11+/t15-/m1/s1. The molecule has 0 bridgehead atoms. The van der Waals surface area contributed by atoms with Crippen LogP contribution in [0.4, 0.5) is 0 Å². The molecule has 0 radical (unpaired) electrons. The maximum atomic E-state index is 12.3. The van der Waals surface area contributed by atoms with Crippen LogP contribution >= 0.6 is 15.9 Å². The molecule has 2 aliphatic heterocycles. The van der Waals surface area contributed by atoms with Gasteiger partial charge in [-0.3, -0.25) is 4.79 Å². The molecule has 1 saturated heterocycles. The fourth-order valence-electron chi connectivity index (χ4n) is 2.77. The minimum atomic E-state index is 0.157. The van der Waals surface area contributed by atoms with Crippen LogP contribution in [0.5, 0.6) is 0 Å². The predicted molar refractivity (Wildman–Crippen MR) is 80.6 cm³/mol. The molecule has 1 aromatic rings. The van der Waals surface area contributed by atoms with E-state index in [2.05, 4.69) is 40.2 Å². The summed E-state index contributed by atoms with van der Waals surface area (Å²) in [7, 11) is 0. The highest BCUT2D eigenvalue weighted by Gasteiger charge is 2.26. The molecule has 0 N–H and O–H groups in total. The maximum Gasteiger partial charge on any atom is 0.247 e. The first kappa shape index (κ1) is 12.7. The third-order valence-corrected chi connectivity index (χ3v) is 4.32. The van der Waals surface area contributed by atoms with E-state index < -0.39 is 0 Å². The Morgan fingerprint density at radius 2 is 2.00 bits per heavy atom. The van der Waals surface area contributed by atoms with Crippen LogP contribution in [0.3, 0.4) is 0 Å². The van der Waals surface area contributed by atoms with Crippen LogP contribution in [0.15, 0.2) is 47.0 Å². The summed E-state index contributed by atoms with van der Waals surface area (Å²) < 4.78 is 1.06. The summed E-state index contributed by atoms with van der Waals surface area (Å²) in [5.41, 5.74) is 2.22. The van der Waals surface area contributed by atoms with E-state index in [1.54, 1.807) is 0 Å². The Balaban J connectivity index is 1.91. The molecule has 0 saturated carbocycles. The molecule has 1 atom stereocenters. The Hall–Kier alpha value is -1.35. The minimum absolute atomic E-state index is 0.157. The zero-order valence-electron chi connectivity index (χ0n) is 10.7. The molecule has 3 rings (SSSR count). The molecule has 1 aromatic carbocycles. The van der Waals surface area contributed by atoms with Crippen LogP contribution in [-0.2, 0) is 4.79 Å². The van der Waals surface area contributed by atoms with Crippen molar-refractivity contribution in [3.8, 4) is 0 Å². The monoisotopic (exact) mass is 317 g/mol. The van der Waals surface area contributed by atoms with Gasteiger partial charge < -0.3 is 4.90 Å². The van der Waals surface area contributed by atoms with Gasteiger partial charge in [-0.25, -0.2) is 0 Å². The van der Waals surface area contributed by atoms with Gasteiger partial charge in [-0.15, -0.1) is 0 Å². The predicted octanol–water partition coefficient (Wildman–Crippen LogP) is 3.78. The highest BCUT2D eigenvalue weighted by Crippen LogP contribution is 2.26. The molecular formula is C16H16BrNO. The van der Waals surface area contributed by atoms with E-state index in [0.29, 0.717) is 6.04 Å². The van der Waals surface area contributed by atoms with Gasteiger partial charge in [-0.1, -0.05) is 40.2 Å². The average molecular weight is 318 g/mol. The van der Waals surface area contributed by atoms with Gasteiger partial charge >= 0.3 is 0 Å². The van der Waals surface area contributed by atoms with Crippen LogP contribution in [-0.4, -0.2) is 23.4 Å². The lowest BCUT2D eigenvalue weighted by atomic mass is 10.00. The van der Waals surface area contributed by atoms with Crippen molar-refractivity contribution in [2.24, 2.45) is 0 Å². The highest BCUT2D eigenvalue weighted by molar-refractivity contribution is 9.10. The summed E-state index contributed by atoms with van der Waals surface area (Å²) in [4.78, 5) is 14.3. The molecule has 0 aliphatic carbocycles. The smallest absolute Gasteiger partial charge is 0.247 e. The quantitative estimate of drug-likeness (QED) is 0.722. The topological polar surface area (TPSA) is 20.3 Å². The van der Waals surface area contributed by atoms with Gasteiger partial charge in [0.05, 0.1) is 6.04 Å². The first-order valence-electron chi connectivity index (χ1n) is 6.68. The van der Waals surface area contributed by atoms with Gasteiger partial charge in [0.15, 0.2) is 0 Å². The van der Waals surface area contributed by atoms with Crippen LogP contribution in [0.1, 0.15) is 24.8 Å². The Kier molecular flexibility index (Phi) is 3.56. The van der Waals surface area contributed by atoms with Gasteiger partial charge in [0.1, 0.15) is 0 Å². The third-order valence-electron chi connectivity index (χ3n) is 3.79. The van der Waals surface area contributed by atoms with E-state index in [0.717, 1.165) is 41.4 Å². The van der Waals surface area contributed by atoms with Gasteiger partial charge in [0.2, 0.25) is 5.91 Å². The summed E-state index contributed by atoms with van der Waals surface area (Å²) in [6.45, 7) is 0.887. The number of nitrogens with zero attached hydrogens (tertiary/aromatic N) is 1. The summed E-state index contributed by atoms with van der Waals surface area (Å²) in [5.74, 6) is 0.157. The fraction of sp³-hybridized carbons (Fsp3) is 0.312. The van der Waals surface area contributed by atoms with Gasteiger partial charge in [0.25, 0.3) is 0 Å². The van der Waals surface area contributed by atoms with Crippen molar-refractivity contribution in [3.63, 3.8) is 0 Å². The van der Waals surface area contributed by atoms with Crippen molar-refractivity contribution in [1.82, 2.24) is 4.90 Å². The van der Waals surface area contributed by atoms with Crippen molar-refractivity contribution in [2.75, 3.05) is 6.54 Å². The second kappa shape index (κ2) is 5.33. The van der Waals surface area contributed by atoms with Crippen LogP contribution < -0.4 is 0 Å². The molecule has 2 heterocycles. The van der Waals surface area contributed by atoms with Crippen LogP contribution in [0.25, 0.3) is 5.57 Å². The normalized spacial score (nSPS) is 27.2. The minimum Gasteiger partial charge on any atom is -0.333 e. The van der Waals surface area contributed by atoms with Gasteiger partial charge in [0, 0.05) is 17.1 Å². The summed E-state index contributed by atoms with van der Waals surface area (Å²) >= 11 is 3.44. The van der Waals surface area contributed by atoms with E-state index in [1.165, 1.54) is 0 Å². The molecule has 0 spiro atoms. The van der Waals surface area contributed by atoms with Gasteiger partial charge in [-0.05, 0) is 42.5 Å². The molecule has 19 heavy (non-hydrogen) atoms. The molecule has 1 fully saturated rings. The van der Waals surface area contributed by atoms with Crippen molar-refractivity contribution in [2.45, 2.75) is 25.3 Å².